The smallest absolute Gasteiger partial charge is 0.250 e. The zero-order chi connectivity index (χ0) is 14.6. The minimum atomic E-state index is -0.554. The Kier molecular flexibility index (Phi) is 4.30. The third-order valence-corrected chi connectivity index (χ3v) is 2.21. The van der Waals surface area contributed by atoms with Gasteiger partial charge in [0.05, 0.1) is 11.3 Å². The van der Waals surface area contributed by atoms with E-state index in [1.165, 1.54) is 6.07 Å². The standard InChI is InChI=1S/C11H17N7O/c1-18(2)8-4-3-6(5-7(8)9(12)19)16-11(15)17-10(13)14/h3-5H,1-2H3,(H2,12,19)(H6,13,14,15,16,17). The largest absolute Gasteiger partial charge is 0.377 e. The van der Waals surface area contributed by atoms with E-state index in [1.807, 2.05) is 0 Å². The highest BCUT2D eigenvalue weighted by Gasteiger charge is 2.10. The topological polar surface area (TPSA) is 149 Å². The normalized spacial score (nSPS) is 10.9. The maximum Gasteiger partial charge on any atom is 0.250 e. The summed E-state index contributed by atoms with van der Waals surface area (Å²) in [5.41, 5.74) is 22.6. The third-order valence-electron chi connectivity index (χ3n) is 2.21. The molecule has 1 aromatic rings. The zero-order valence-corrected chi connectivity index (χ0v) is 10.8. The van der Waals surface area contributed by atoms with Gasteiger partial charge >= 0.3 is 0 Å². The zero-order valence-electron chi connectivity index (χ0n) is 10.8. The lowest BCUT2D eigenvalue weighted by Crippen LogP contribution is -2.26. The van der Waals surface area contributed by atoms with E-state index < -0.39 is 5.91 Å². The molecule has 0 atom stereocenters. The summed E-state index contributed by atoms with van der Waals surface area (Å²) in [4.78, 5) is 20.7. The number of amides is 1. The van der Waals surface area contributed by atoms with Crippen LogP contribution < -0.4 is 27.8 Å². The molecule has 1 aromatic carbocycles. The summed E-state index contributed by atoms with van der Waals surface area (Å²) < 4.78 is 0. The monoisotopic (exact) mass is 263 g/mol. The fraction of sp³-hybridized carbons (Fsp3) is 0.182. The average molecular weight is 263 g/mol. The van der Waals surface area contributed by atoms with Gasteiger partial charge < -0.3 is 27.8 Å². The van der Waals surface area contributed by atoms with Crippen LogP contribution >= 0.6 is 0 Å². The Hall–Kier alpha value is -2.77. The Morgan fingerprint density at radius 1 is 1.16 bits per heavy atom. The first-order valence-electron chi connectivity index (χ1n) is 5.36. The molecule has 0 radical (unpaired) electrons. The summed E-state index contributed by atoms with van der Waals surface area (Å²) >= 11 is 0. The summed E-state index contributed by atoms with van der Waals surface area (Å²) in [6, 6.07) is 4.91. The minimum Gasteiger partial charge on any atom is -0.377 e. The van der Waals surface area contributed by atoms with Gasteiger partial charge in [0.2, 0.25) is 5.96 Å². The highest BCUT2D eigenvalue weighted by Crippen LogP contribution is 2.24. The van der Waals surface area contributed by atoms with Crippen LogP contribution in [-0.4, -0.2) is 31.9 Å². The van der Waals surface area contributed by atoms with Crippen LogP contribution in [0, 0.1) is 0 Å². The Balaban J connectivity index is 3.23. The van der Waals surface area contributed by atoms with Gasteiger partial charge in [-0.3, -0.25) is 4.79 Å². The molecule has 19 heavy (non-hydrogen) atoms. The molecule has 0 aliphatic heterocycles. The molecule has 1 amide bonds. The van der Waals surface area contributed by atoms with Gasteiger partial charge in [-0.1, -0.05) is 0 Å². The number of nitrogens with two attached hydrogens (primary N) is 4. The number of primary amides is 1. The molecule has 0 bridgehead atoms. The van der Waals surface area contributed by atoms with E-state index in [2.05, 4.69) is 9.98 Å². The predicted molar refractivity (Wildman–Crippen MR) is 76.4 cm³/mol. The number of hydrogen-bond donors (Lipinski definition) is 4. The van der Waals surface area contributed by atoms with E-state index in [-0.39, 0.29) is 11.9 Å². The lowest BCUT2D eigenvalue weighted by atomic mass is 10.1. The van der Waals surface area contributed by atoms with Crippen LogP contribution in [0.5, 0.6) is 0 Å². The van der Waals surface area contributed by atoms with Crippen LogP contribution in [0.25, 0.3) is 0 Å². The van der Waals surface area contributed by atoms with Crippen LogP contribution in [0.2, 0.25) is 0 Å². The molecular weight excluding hydrogens is 246 g/mol. The molecule has 0 aromatic heterocycles. The molecule has 0 unspecified atom stereocenters. The number of carbonyl (C=O) groups is 1. The first-order chi connectivity index (χ1) is 8.81. The molecule has 0 heterocycles. The number of guanidine groups is 2. The van der Waals surface area contributed by atoms with Crippen LogP contribution in [0.15, 0.2) is 28.2 Å². The van der Waals surface area contributed by atoms with Gasteiger partial charge in [-0.05, 0) is 18.2 Å². The van der Waals surface area contributed by atoms with Gasteiger partial charge in [0.1, 0.15) is 0 Å². The van der Waals surface area contributed by atoms with E-state index in [1.54, 1.807) is 31.1 Å². The maximum absolute atomic E-state index is 11.4. The first-order valence-corrected chi connectivity index (χ1v) is 5.36. The van der Waals surface area contributed by atoms with Crippen molar-refractivity contribution in [2.75, 3.05) is 19.0 Å². The molecule has 8 N–H and O–H groups in total. The van der Waals surface area contributed by atoms with Crippen molar-refractivity contribution in [3.8, 4) is 0 Å². The number of anilines is 1. The molecular formula is C11H17N7O. The van der Waals surface area contributed by atoms with Crippen molar-refractivity contribution in [1.82, 2.24) is 0 Å². The summed E-state index contributed by atoms with van der Waals surface area (Å²) in [6.07, 6.45) is 0. The lowest BCUT2D eigenvalue weighted by Gasteiger charge is -2.16. The minimum absolute atomic E-state index is 0.104. The van der Waals surface area contributed by atoms with Crippen molar-refractivity contribution in [3.63, 3.8) is 0 Å². The van der Waals surface area contributed by atoms with Crippen molar-refractivity contribution >= 4 is 29.2 Å². The SMILES string of the molecule is CN(C)c1ccc(N=C(N)N=C(N)N)cc1C(N)=O. The highest BCUT2D eigenvalue weighted by atomic mass is 16.1. The Morgan fingerprint density at radius 3 is 2.26 bits per heavy atom. The molecule has 0 saturated carbocycles. The molecule has 0 fully saturated rings. The second kappa shape index (κ2) is 5.71. The van der Waals surface area contributed by atoms with Gasteiger partial charge in [-0.25, -0.2) is 4.99 Å². The first kappa shape index (κ1) is 14.3. The van der Waals surface area contributed by atoms with Crippen LogP contribution in [0.1, 0.15) is 10.4 Å². The van der Waals surface area contributed by atoms with Gasteiger partial charge in [0, 0.05) is 19.8 Å². The average Bonchev–Trinajstić information content (AvgIpc) is 2.27. The fourth-order valence-corrected chi connectivity index (χ4v) is 1.47. The quantitative estimate of drug-likeness (QED) is 0.410. The van der Waals surface area contributed by atoms with Crippen LogP contribution in [0.4, 0.5) is 11.4 Å². The fourth-order valence-electron chi connectivity index (χ4n) is 1.47. The van der Waals surface area contributed by atoms with E-state index in [4.69, 9.17) is 22.9 Å². The van der Waals surface area contributed by atoms with Gasteiger partial charge in [0.25, 0.3) is 5.91 Å². The van der Waals surface area contributed by atoms with Gasteiger partial charge in [0.15, 0.2) is 5.96 Å². The molecule has 8 nitrogen and oxygen atoms in total. The summed E-state index contributed by atoms with van der Waals surface area (Å²) in [7, 11) is 3.61. The van der Waals surface area contributed by atoms with E-state index in [9.17, 15) is 4.79 Å². The molecule has 8 heteroatoms. The molecule has 1 rings (SSSR count). The number of benzene rings is 1. The predicted octanol–water partition coefficient (Wildman–Crippen LogP) is -0.929. The van der Waals surface area contributed by atoms with Crippen molar-refractivity contribution in [2.24, 2.45) is 32.9 Å². The van der Waals surface area contributed by atoms with E-state index >= 15 is 0 Å². The Morgan fingerprint density at radius 2 is 1.79 bits per heavy atom. The van der Waals surface area contributed by atoms with Gasteiger partial charge in [-0.15, -0.1) is 0 Å². The number of aliphatic imine (C=N–C) groups is 2. The molecule has 0 aliphatic carbocycles. The third kappa shape index (κ3) is 3.87. The van der Waals surface area contributed by atoms with Crippen molar-refractivity contribution in [2.45, 2.75) is 0 Å². The molecule has 0 aliphatic rings. The van der Waals surface area contributed by atoms with Crippen LogP contribution in [-0.2, 0) is 0 Å². The maximum atomic E-state index is 11.4. The number of hydrogen-bond acceptors (Lipinski definition) is 3. The number of nitrogens with zero attached hydrogens (tertiary/aromatic N) is 3. The van der Waals surface area contributed by atoms with Gasteiger partial charge in [-0.2, -0.15) is 4.99 Å². The van der Waals surface area contributed by atoms with Crippen molar-refractivity contribution in [3.05, 3.63) is 23.8 Å². The Labute approximate surface area is 110 Å². The lowest BCUT2D eigenvalue weighted by molar-refractivity contribution is 0.100. The Bertz CT molecular complexity index is 544. The van der Waals surface area contributed by atoms with Crippen LogP contribution in [0.3, 0.4) is 0 Å². The number of carbonyl (C=O) groups excluding carboxylic acids is 1. The highest BCUT2D eigenvalue weighted by molar-refractivity contribution is 6.00. The molecule has 0 saturated heterocycles. The molecule has 102 valence electrons. The van der Waals surface area contributed by atoms with E-state index in [0.717, 1.165) is 0 Å². The van der Waals surface area contributed by atoms with Crippen molar-refractivity contribution < 1.29 is 4.79 Å². The van der Waals surface area contributed by atoms with E-state index in [0.29, 0.717) is 16.9 Å². The number of rotatable bonds is 3. The summed E-state index contributed by atoms with van der Waals surface area (Å²) in [6.45, 7) is 0. The molecule has 0 spiro atoms. The summed E-state index contributed by atoms with van der Waals surface area (Å²) in [5.74, 6) is -0.851. The second-order valence-electron chi connectivity index (χ2n) is 3.97. The summed E-state index contributed by atoms with van der Waals surface area (Å²) in [5, 5.41) is 0. The van der Waals surface area contributed by atoms with Crippen molar-refractivity contribution in [1.29, 1.82) is 0 Å². The second-order valence-corrected chi connectivity index (χ2v) is 3.97.